The van der Waals surface area contributed by atoms with Gasteiger partial charge >= 0.3 is 6.03 Å². The first kappa shape index (κ1) is 19.1. The Bertz CT molecular complexity index is 584. The number of aromatic nitrogens is 2. The van der Waals surface area contributed by atoms with Crippen LogP contribution in [0.1, 0.15) is 44.3 Å². The second kappa shape index (κ2) is 8.81. The van der Waals surface area contributed by atoms with E-state index in [0.29, 0.717) is 37.2 Å². The molecule has 1 spiro atoms. The van der Waals surface area contributed by atoms with Gasteiger partial charge in [-0.1, -0.05) is 5.16 Å². The second-order valence-corrected chi connectivity index (χ2v) is 7.26. The first-order valence-corrected chi connectivity index (χ1v) is 9.61. The molecule has 2 aliphatic heterocycles. The molecular weight excluding hydrogens is 336 g/mol. The number of amides is 2. The van der Waals surface area contributed by atoms with Crippen LogP contribution in [0.25, 0.3) is 0 Å². The van der Waals surface area contributed by atoms with Gasteiger partial charge in [-0.2, -0.15) is 4.98 Å². The van der Waals surface area contributed by atoms with Gasteiger partial charge < -0.3 is 24.2 Å². The number of hydrogen-bond acceptors (Lipinski definition) is 6. The number of methoxy groups -OCH3 is 1. The summed E-state index contributed by atoms with van der Waals surface area (Å²) in [4.78, 5) is 18.4. The van der Waals surface area contributed by atoms with Gasteiger partial charge in [-0.25, -0.2) is 4.79 Å². The quantitative estimate of drug-likeness (QED) is 0.826. The maximum Gasteiger partial charge on any atom is 0.317 e. The van der Waals surface area contributed by atoms with Crippen LogP contribution in [0.3, 0.4) is 0 Å². The van der Waals surface area contributed by atoms with Crippen molar-refractivity contribution in [3.8, 4) is 0 Å². The van der Waals surface area contributed by atoms with Gasteiger partial charge in [0.15, 0.2) is 5.82 Å². The first-order valence-electron chi connectivity index (χ1n) is 9.61. The molecule has 1 unspecified atom stereocenters. The van der Waals surface area contributed by atoms with Crippen molar-refractivity contribution >= 4 is 6.03 Å². The lowest BCUT2D eigenvalue weighted by Crippen LogP contribution is -2.53. The topological polar surface area (TPSA) is 89.7 Å². The van der Waals surface area contributed by atoms with Crippen molar-refractivity contribution in [3.05, 3.63) is 11.7 Å². The number of piperidine rings is 1. The summed E-state index contributed by atoms with van der Waals surface area (Å²) in [6, 6.07) is 0.0316. The molecule has 146 valence electrons. The molecule has 0 aromatic carbocycles. The van der Waals surface area contributed by atoms with Gasteiger partial charge in [-0.15, -0.1) is 0 Å². The molecule has 8 heteroatoms. The predicted molar refractivity (Wildman–Crippen MR) is 94.9 cm³/mol. The van der Waals surface area contributed by atoms with E-state index in [0.717, 1.165) is 51.8 Å². The van der Waals surface area contributed by atoms with Crippen LogP contribution in [0.2, 0.25) is 0 Å². The lowest BCUT2D eigenvalue weighted by molar-refractivity contribution is -0.123. The van der Waals surface area contributed by atoms with Crippen molar-refractivity contribution in [1.29, 1.82) is 0 Å². The van der Waals surface area contributed by atoms with Crippen LogP contribution in [0.15, 0.2) is 4.52 Å². The molecule has 0 aliphatic carbocycles. The van der Waals surface area contributed by atoms with Gasteiger partial charge in [-0.3, -0.25) is 0 Å². The fraction of sp³-hybridized carbons (Fsp3) is 0.833. The van der Waals surface area contributed by atoms with E-state index >= 15 is 0 Å². The number of carbonyl (C=O) groups excluding carboxylic acids is 1. The van der Waals surface area contributed by atoms with E-state index in [2.05, 4.69) is 15.5 Å². The highest BCUT2D eigenvalue weighted by Gasteiger charge is 2.41. The Balaban J connectivity index is 1.51. The Morgan fingerprint density at radius 3 is 2.96 bits per heavy atom. The molecule has 0 bridgehead atoms. The van der Waals surface area contributed by atoms with E-state index in [1.807, 2.05) is 11.8 Å². The van der Waals surface area contributed by atoms with Crippen LogP contribution in [-0.4, -0.2) is 66.6 Å². The molecule has 2 aliphatic rings. The summed E-state index contributed by atoms with van der Waals surface area (Å²) in [6.07, 6.45) is 5.26. The number of ether oxygens (including phenoxy) is 2. The van der Waals surface area contributed by atoms with Gasteiger partial charge in [0.25, 0.3) is 0 Å². The van der Waals surface area contributed by atoms with E-state index in [4.69, 9.17) is 14.0 Å². The summed E-state index contributed by atoms with van der Waals surface area (Å²) in [5.41, 5.74) is -0.106. The van der Waals surface area contributed by atoms with Crippen LogP contribution in [0.4, 0.5) is 4.79 Å². The van der Waals surface area contributed by atoms with Crippen LogP contribution in [0.5, 0.6) is 0 Å². The summed E-state index contributed by atoms with van der Waals surface area (Å²) in [5, 5.41) is 6.90. The molecule has 2 amide bonds. The molecule has 3 rings (SSSR count). The number of nitrogens with one attached hydrogen (secondary N) is 1. The molecule has 0 saturated carbocycles. The number of urea groups is 1. The van der Waals surface area contributed by atoms with Crippen molar-refractivity contribution in [2.45, 2.75) is 51.0 Å². The van der Waals surface area contributed by atoms with Crippen LogP contribution in [-0.2, 0) is 22.3 Å². The smallest absolute Gasteiger partial charge is 0.317 e. The van der Waals surface area contributed by atoms with Crippen LogP contribution < -0.4 is 5.32 Å². The third-order valence-electron chi connectivity index (χ3n) is 5.39. The Morgan fingerprint density at radius 1 is 1.42 bits per heavy atom. The minimum Gasteiger partial charge on any atom is -0.384 e. The Labute approximate surface area is 154 Å². The molecule has 26 heavy (non-hydrogen) atoms. The zero-order valence-corrected chi connectivity index (χ0v) is 15.8. The fourth-order valence-corrected chi connectivity index (χ4v) is 3.95. The van der Waals surface area contributed by atoms with Gasteiger partial charge in [0.2, 0.25) is 5.89 Å². The maximum atomic E-state index is 12.0. The molecule has 2 fully saturated rings. The number of hydrogen-bond donors (Lipinski definition) is 1. The molecule has 3 heterocycles. The monoisotopic (exact) mass is 366 g/mol. The lowest BCUT2D eigenvalue weighted by atomic mass is 9.78. The molecule has 1 atom stereocenters. The Hall–Kier alpha value is -1.67. The summed E-state index contributed by atoms with van der Waals surface area (Å²) < 4.78 is 16.6. The van der Waals surface area contributed by atoms with Gasteiger partial charge in [0.05, 0.1) is 12.2 Å². The minimum absolute atomic E-state index is 0.0316. The third-order valence-corrected chi connectivity index (χ3v) is 5.39. The van der Waals surface area contributed by atoms with Crippen molar-refractivity contribution in [2.24, 2.45) is 5.92 Å². The van der Waals surface area contributed by atoms with Gasteiger partial charge in [-0.05, 0) is 38.5 Å². The highest BCUT2D eigenvalue weighted by Crippen LogP contribution is 2.38. The van der Waals surface area contributed by atoms with Crippen molar-refractivity contribution < 1.29 is 18.8 Å². The molecule has 1 aromatic heterocycles. The maximum absolute atomic E-state index is 12.0. The van der Waals surface area contributed by atoms with Gasteiger partial charge in [0.1, 0.15) is 0 Å². The van der Waals surface area contributed by atoms with E-state index in [1.54, 1.807) is 7.11 Å². The van der Waals surface area contributed by atoms with Crippen LogP contribution >= 0.6 is 0 Å². The highest BCUT2D eigenvalue weighted by molar-refractivity contribution is 5.74. The van der Waals surface area contributed by atoms with Crippen molar-refractivity contribution in [2.75, 3.05) is 40.0 Å². The average molecular weight is 366 g/mol. The number of likely N-dealkylation sites (tertiary alicyclic amines) is 1. The van der Waals surface area contributed by atoms with Crippen molar-refractivity contribution in [3.63, 3.8) is 0 Å². The zero-order chi connectivity index (χ0) is 18.4. The van der Waals surface area contributed by atoms with E-state index in [9.17, 15) is 4.79 Å². The summed E-state index contributed by atoms with van der Waals surface area (Å²) in [7, 11) is 1.67. The van der Waals surface area contributed by atoms with Crippen molar-refractivity contribution in [1.82, 2.24) is 20.4 Å². The van der Waals surface area contributed by atoms with E-state index in [1.165, 1.54) is 0 Å². The fourth-order valence-electron chi connectivity index (χ4n) is 3.95. The summed E-state index contributed by atoms with van der Waals surface area (Å²) in [6.45, 7) is 5.46. The summed E-state index contributed by atoms with van der Waals surface area (Å²) in [5.74, 6) is 1.90. The molecule has 1 aromatic rings. The van der Waals surface area contributed by atoms with Crippen LogP contribution in [0, 0.1) is 5.92 Å². The average Bonchev–Trinajstić information content (AvgIpc) is 3.08. The largest absolute Gasteiger partial charge is 0.384 e. The second-order valence-electron chi connectivity index (χ2n) is 7.26. The molecule has 2 saturated heterocycles. The number of nitrogens with zero attached hydrogens (tertiary/aromatic N) is 3. The normalized spacial score (nSPS) is 22.5. The molecule has 0 radical (unpaired) electrons. The number of carbonyl (C=O) groups is 1. The Kier molecular flexibility index (Phi) is 6.48. The predicted octanol–water partition coefficient (Wildman–Crippen LogP) is 1.79. The SMILES string of the molecule is CCNC(=O)N1CCC2(CC1)CC(Cc1nc(CCOC)no1)CCO2. The molecular formula is C18H30N4O4. The molecule has 8 nitrogen and oxygen atoms in total. The first-order chi connectivity index (χ1) is 12.6. The van der Waals surface area contributed by atoms with E-state index < -0.39 is 0 Å². The summed E-state index contributed by atoms with van der Waals surface area (Å²) >= 11 is 0. The zero-order valence-electron chi connectivity index (χ0n) is 15.8. The minimum atomic E-state index is -0.106. The van der Waals surface area contributed by atoms with E-state index in [-0.39, 0.29) is 11.6 Å². The number of rotatable bonds is 6. The lowest BCUT2D eigenvalue weighted by Gasteiger charge is -2.46. The Morgan fingerprint density at radius 2 is 2.23 bits per heavy atom. The third kappa shape index (κ3) is 4.73. The highest BCUT2D eigenvalue weighted by atomic mass is 16.5. The van der Waals surface area contributed by atoms with Gasteiger partial charge in [0, 0.05) is 46.2 Å². The molecule has 1 N–H and O–H groups in total. The standard InChI is InChI=1S/C18H30N4O4/c1-3-19-17(23)22-8-6-18(7-9-22)13-14(4-11-25-18)12-16-20-15(21-26-16)5-10-24-2/h14H,3-13H2,1-2H3,(H,19,23).